The van der Waals surface area contributed by atoms with Crippen molar-refractivity contribution in [3.63, 3.8) is 0 Å². The molecule has 0 spiro atoms. The van der Waals surface area contributed by atoms with Gasteiger partial charge in [0.05, 0.1) is 10.3 Å². The first-order chi connectivity index (χ1) is 11.1. The van der Waals surface area contributed by atoms with Crippen LogP contribution in [0.3, 0.4) is 0 Å². The number of hydrogen-bond donors (Lipinski definition) is 1. The van der Waals surface area contributed by atoms with Crippen LogP contribution in [0.15, 0.2) is 6.33 Å². The van der Waals surface area contributed by atoms with Crippen molar-refractivity contribution in [2.75, 3.05) is 18.0 Å². The highest BCUT2D eigenvalue weighted by molar-refractivity contribution is 7.20. The second-order valence-corrected chi connectivity index (χ2v) is 7.46. The van der Waals surface area contributed by atoms with Gasteiger partial charge in [-0.25, -0.2) is 9.97 Å². The molecule has 1 fully saturated rings. The SMILES string of the molecule is Cc1c(C(=O)NC(C)C)sc2ncnc(N3CCCCCC3)c12. The lowest BCUT2D eigenvalue weighted by Crippen LogP contribution is -2.29. The molecule has 6 heteroatoms. The lowest BCUT2D eigenvalue weighted by Gasteiger charge is -2.22. The number of aromatic nitrogens is 2. The predicted octanol–water partition coefficient (Wildman–Crippen LogP) is 3.52. The van der Waals surface area contributed by atoms with Crippen molar-refractivity contribution in [3.8, 4) is 0 Å². The number of anilines is 1. The minimum absolute atomic E-state index is 0.0117. The maximum absolute atomic E-state index is 12.4. The molecule has 5 nitrogen and oxygen atoms in total. The van der Waals surface area contributed by atoms with E-state index >= 15 is 0 Å². The van der Waals surface area contributed by atoms with Gasteiger partial charge in [0.2, 0.25) is 0 Å². The monoisotopic (exact) mass is 332 g/mol. The second-order valence-electron chi connectivity index (χ2n) is 6.46. The lowest BCUT2D eigenvalue weighted by molar-refractivity contribution is 0.0947. The number of fused-ring (bicyclic) bond motifs is 1. The fraction of sp³-hybridized carbons (Fsp3) is 0.588. The van der Waals surface area contributed by atoms with Gasteiger partial charge in [0.25, 0.3) is 5.91 Å². The molecule has 0 aromatic carbocycles. The van der Waals surface area contributed by atoms with E-state index in [2.05, 4.69) is 20.2 Å². The molecule has 1 aliphatic rings. The number of carbonyl (C=O) groups excluding carboxylic acids is 1. The molecular formula is C17H24N4OS. The Bertz CT molecular complexity index is 702. The van der Waals surface area contributed by atoms with Gasteiger partial charge < -0.3 is 10.2 Å². The van der Waals surface area contributed by atoms with E-state index in [1.54, 1.807) is 6.33 Å². The van der Waals surface area contributed by atoms with Crippen LogP contribution >= 0.6 is 11.3 Å². The Morgan fingerprint density at radius 1 is 1.22 bits per heavy atom. The number of hydrogen-bond acceptors (Lipinski definition) is 5. The van der Waals surface area contributed by atoms with E-state index < -0.39 is 0 Å². The number of carbonyl (C=O) groups is 1. The standard InChI is InChI=1S/C17H24N4OS/c1-11(2)20-16(22)14-12(3)13-15(18-10-19-17(13)23-14)21-8-6-4-5-7-9-21/h10-11H,4-9H2,1-3H3,(H,20,22). The van der Waals surface area contributed by atoms with Crippen LogP contribution in [0.25, 0.3) is 10.2 Å². The summed E-state index contributed by atoms with van der Waals surface area (Å²) in [6, 6.07) is 0.128. The summed E-state index contributed by atoms with van der Waals surface area (Å²) >= 11 is 1.47. The maximum atomic E-state index is 12.4. The van der Waals surface area contributed by atoms with Crippen molar-refractivity contribution in [2.45, 2.75) is 52.5 Å². The number of nitrogens with zero attached hydrogens (tertiary/aromatic N) is 3. The summed E-state index contributed by atoms with van der Waals surface area (Å²) in [7, 11) is 0. The van der Waals surface area contributed by atoms with Crippen LogP contribution in [0.2, 0.25) is 0 Å². The molecule has 2 aromatic heterocycles. The molecule has 1 saturated heterocycles. The highest BCUT2D eigenvalue weighted by Gasteiger charge is 2.22. The van der Waals surface area contributed by atoms with Crippen molar-refractivity contribution in [1.29, 1.82) is 0 Å². The average Bonchev–Trinajstić information content (AvgIpc) is 2.71. The van der Waals surface area contributed by atoms with Crippen LogP contribution in [0.4, 0.5) is 5.82 Å². The fourth-order valence-electron chi connectivity index (χ4n) is 3.12. The molecule has 0 atom stereocenters. The summed E-state index contributed by atoms with van der Waals surface area (Å²) in [5, 5.41) is 4.03. The summed E-state index contributed by atoms with van der Waals surface area (Å²) in [6.07, 6.45) is 6.61. The van der Waals surface area contributed by atoms with E-state index in [0.717, 1.165) is 39.6 Å². The first kappa shape index (κ1) is 16.2. The third-order valence-electron chi connectivity index (χ3n) is 4.24. The van der Waals surface area contributed by atoms with E-state index in [1.165, 1.54) is 37.0 Å². The van der Waals surface area contributed by atoms with Gasteiger partial charge in [-0.1, -0.05) is 12.8 Å². The van der Waals surface area contributed by atoms with Crippen molar-refractivity contribution in [1.82, 2.24) is 15.3 Å². The van der Waals surface area contributed by atoms with Crippen LogP contribution < -0.4 is 10.2 Å². The third kappa shape index (κ3) is 3.32. The van der Waals surface area contributed by atoms with E-state index in [9.17, 15) is 4.79 Å². The van der Waals surface area contributed by atoms with Crippen molar-refractivity contribution < 1.29 is 4.79 Å². The summed E-state index contributed by atoms with van der Waals surface area (Å²) < 4.78 is 0. The number of nitrogens with one attached hydrogen (secondary N) is 1. The Morgan fingerprint density at radius 3 is 2.57 bits per heavy atom. The molecule has 1 N–H and O–H groups in total. The summed E-state index contributed by atoms with van der Waals surface area (Å²) in [4.78, 5) is 25.4. The predicted molar refractivity (Wildman–Crippen MR) is 95.4 cm³/mol. The summed E-state index contributed by atoms with van der Waals surface area (Å²) in [5.74, 6) is 0.983. The van der Waals surface area contributed by atoms with Gasteiger partial charge in [0.1, 0.15) is 17.0 Å². The lowest BCUT2D eigenvalue weighted by atomic mass is 10.1. The van der Waals surface area contributed by atoms with Gasteiger partial charge in [-0.15, -0.1) is 11.3 Å². The van der Waals surface area contributed by atoms with Gasteiger partial charge >= 0.3 is 0 Å². The molecule has 2 aromatic rings. The summed E-state index contributed by atoms with van der Waals surface area (Å²) in [6.45, 7) is 8.04. The fourth-order valence-corrected chi connectivity index (χ4v) is 4.17. The Hall–Kier alpha value is -1.69. The normalized spacial score (nSPS) is 15.9. The molecule has 3 rings (SSSR count). The van der Waals surface area contributed by atoms with E-state index in [-0.39, 0.29) is 11.9 Å². The molecule has 0 unspecified atom stereocenters. The zero-order valence-electron chi connectivity index (χ0n) is 14.1. The zero-order chi connectivity index (χ0) is 16.4. The number of aryl methyl sites for hydroxylation is 1. The molecule has 0 saturated carbocycles. The molecule has 0 aliphatic carbocycles. The average molecular weight is 332 g/mol. The van der Waals surface area contributed by atoms with E-state index in [1.807, 2.05) is 20.8 Å². The smallest absolute Gasteiger partial charge is 0.261 e. The molecule has 1 aliphatic heterocycles. The maximum Gasteiger partial charge on any atom is 0.261 e. The Kier molecular flexibility index (Phi) is 4.80. The molecule has 0 bridgehead atoms. The van der Waals surface area contributed by atoms with Crippen LogP contribution in [-0.4, -0.2) is 35.0 Å². The van der Waals surface area contributed by atoms with Crippen LogP contribution in [0, 0.1) is 6.92 Å². The van der Waals surface area contributed by atoms with Crippen molar-refractivity contribution >= 4 is 33.3 Å². The number of rotatable bonds is 3. The largest absolute Gasteiger partial charge is 0.356 e. The zero-order valence-corrected chi connectivity index (χ0v) is 14.9. The Morgan fingerprint density at radius 2 is 1.91 bits per heavy atom. The first-order valence-corrected chi connectivity index (χ1v) is 9.19. The van der Waals surface area contributed by atoms with Crippen LogP contribution in [0.5, 0.6) is 0 Å². The van der Waals surface area contributed by atoms with Crippen molar-refractivity contribution in [2.24, 2.45) is 0 Å². The quantitative estimate of drug-likeness (QED) is 0.934. The van der Waals surface area contributed by atoms with Crippen LogP contribution in [-0.2, 0) is 0 Å². The van der Waals surface area contributed by atoms with Gasteiger partial charge in [0.15, 0.2) is 0 Å². The van der Waals surface area contributed by atoms with E-state index in [0.29, 0.717) is 0 Å². The number of thiophene rings is 1. The van der Waals surface area contributed by atoms with Gasteiger partial charge in [-0.2, -0.15) is 0 Å². The summed E-state index contributed by atoms with van der Waals surface area (Å²) in [5.41, 5.74) is 1.00. The molecule has 1 amide bonds. The van der Waals surface area contributed by atoms with Crippen LogP contribution in [0.1, 0.15) is 54.8 Å². The highest BCUT2D eigenvalue weighted by atomic mass is 32.1. The molecule has 124 valence electrons. The molecular weight excluding hydrogens is 308 g/mol. The topological polar surface area (TPSA) is 58.1 Å². The molecule has 0 radical (unpaired) electrons. The van der Waals surface area contributed by atoms with Gasteiger partial charge in [-0.05, 0) is 39.2 Å². The second kappa shape index (κ2) is 6.83. The Balaban J connectivity index is 2.03. The number of amides is 1. The van der Waals surface area contributed by atoms with Gasteiger partial charge in [0, 0.05) is 19.1 Å². The highest BCUT2D eigenvalue weighted by Crippen LogP contribution is 2.35. The Labute approximate surface area is 141 Å². The minimum Gasteiger partial charge on any atom is -0.356 e. The first-order valence-electron chi connectivity index (χ1n) is 8.38. The van der Waals surface area contributed by atoms with Crippen molar-refractivity contribution in [3.05, 3.63) is 16.8 Å². The third-order valence-corrected chi connectivity index (χ3v) is 5.44. The van der Waals surface area contributed by atoms with Gasteiger partial charge in [-0.3, -0.25) is 4.79 Å². The molecule has 23 heavy (non-hydrogen) atoms. The van der Waals surface area contributed by atoms with E-state index in [4.69, 9.17) is 0 Å². The minimum atomic E-state index is -0.0117. The molecule has 3 heterocycles.